The smallest absolute Gasteiger partial charge is 0.227 e. The molecular weight excluding hydrogens is 314 g/mol. The number of carbonyl (C=O) groups excluding carboxylic acids is 2. The van der Waals surface area contributed by atoms with Gasteiger partial charge in [0, 0.05) is 39.1 Å². The summed E-state index contributed by atoms with van der Waals surface area (Å²) in [5, 5.41) is 0. The van der Waals surface area contributed by atoms with E-state index in [4.69, 9.17) is 0 Å². The molecule has 0 aliphatic carbocycles. The van der Waals surface area contributed by atoms with Crippen molar-refractivity contribution in [1.82, 2.24) is 14.7 Å². The van der Waals surface area contributed by atoms with Gasteiger partial charge in [0.2, 0.25) is 11.8 Å². The molecule has 2 rings (SSSR count). The summed E-state index contributed by atoms with van der Waals surface area (Å²) in [7, 11) is 0. The van der Waals surface area contributed by atoms with Crippen molar-refractivity contribution in [2.45, 2.75) is 33.6 Å². The molecule has 0 atom stereocenters. The van der Waals surface area contributed by atoms with Gasteiger partial charge in [-0.15, -0.1) is 0 Å². The van der Waals surface area contributed by atoms with Crippen LogP contribution < -0.4 is 0 Å². The molecule has 0 radical (unpaired) electrons. The number of nitrogens with zero attached hydrogens (tertiary/aromatic N) is 3. The maximum Gasteiger partial charge on any atom is 0.227 e. The topological polar surface area (TPSA) is 43.9 Å². The van der Waals surface area contributed by atoms with Crippen LogP contribution in [-0.4, -0.2) is 72.3 Å². The van der Waals surface area contributed by atoms with Crippen LogP contribution in [0.4, 0.5) is 0 Å². The average Bonchev–Trinajstić information content (AvgIpc) is 2.64. The van der Waals surface area contributed by atoms with Crippen LogP contribution in [0.1, 0.15) is 31.4 Å². The summed E-state index contributed by atoms with van der Waals surface area (Å²) in [5.41, 5.74) is 2.24. The minimum Gasteiger partial charge on any atom is -0.339 e. The number of piperazine rings is 1. The van der Waals surface area contributed by atoms with Crippen LogP contribution in [0, 0.1) is 6.92 Å². The highest BCUT2D eigenvalue weighted by Gasteiger charge is 2.24. The zero-order chi connectivity index (χ0) is 18.2. The predicted molar refractivity (Wildman–Crippen MR) is 100 cm³/mol. The Morgan fingerprint density at radius 1 is 0.960 bits per heavy atom. The molecule has 0 spiro atoms. The van der Waals surface area contributed by atoms with Crippen molar-refractivity contribution < 1.29 is 9.59 Å². The van der Waals surface area contributed by atoms with E-state index in [0.29, 0.717) is 39.0 Å². The molecule has 2 amide bonds. The molecule has 0 aromatic heterocycles. The van der Waals surface area contributed by atoms with Gasteiger partial charge in [-0.2, -0.15) is 0 Å². The molecule has 0 unspecified atom stereocenters. The highest BCUT2D eigenvalue weighted by Crippen LogP contribution is 2.11. The van der Waals surface area contributed by atoms with Crippen molar-refractivity contribution in [3.05, 3.63) is 35.4 Å². The molecule has 0 N–H and O–H groups in total. The van der Waals surface area contributed by atoms with E-state index in [2.05, 4.69) is 18.7 Å². The van der Waals surface area contributed by atoms with Crippen LogP contribution in [0.25, 0.3) is 0 Å². The van der Waals surface area contributed by atoms with Gasteiger partial charge in [0.15, 0.2) is 0 Å². The first kappa shape index (κ1) is 19.4. The standard InChI is InChI=1S/C20H31N3O2/c1-4-21(5-2)11-10-19(24)22-12-14-23(15-13-22)20(25)16-18-9-7-6-8-17(18)3/h6-9H,4-5,10-16H2,1-3H3. The van der Waals surface area contributed by atoms with E-state index < -0.39 is 0 Å². The molecule has 5 nitrogen and oxygen atoms in total. The fraction of sp³-hybridized carbons (Fsp3) is 0.600. The molecule has 0 saturated carbocycles. The lowest BCUT2D eigenvalue weighted by atomic mass is 10.1. The second kappa shape index (κ2) is 9.56. The van der Waals surface area contributed by atoms with Crippen LogP contribution >= 0.6 is 0 Å². The SMILES string of the molecule is CCN(CC)CCC(=O)N1CCN(C(=O)Cc2ccccc2C)CC1. The first-order valence-electron chi connectivity index (χ1n) is 9.37. The highest BCUT2D eigenvalue weighted by atomic mass is 16.2. The molecule has 1 aliphatic heterocycles. The lowest BCUT2D eigenvalue weighted by Crippen LogP contribution is -2.51. The normalized spacial score (nSPS) is 14.9. The minimum absolute atomic E-state index is 0.157. The Labute approximate surface area is 151 Å². The van der Waals surface area contributed by atoms with E-state index in [1.54, 1.807) is 0 Å². The fourth-order valence-corrected chi connectivity index (χ4v) is 3.24. The van der Waals surface area contributed by atoms with Crippen molar-refractivity contribution in [1.29, 1.82) is 0 Å². The van der Waals surface area contributed by atoms with E-state index >= 15 is 0 Å². The van der Waals surface area contributed by atoms with E-state index in [-0.39, 0.29) is 11.8 Å². The summed E-state index contributed by atoms with van der Waals surface area (Å²) < 4.78 is 0. The van der Waals surface area contributed by atoms with Crippen molar-refractivity contribution in [3.8, 4) is 0 Å². The molecule has 1 heterocycles. The predicted octanol–water partition coefficient (Wildman–Crippen LogP) is 1.94. The van der Waals surface area contributed by atoms with Gasteiger partial charge in [0.05, 0.1) is 6.42 Å². The zero-order valence-electron chi connectivity index (χ0n) is 15.8. The largest absolute Gasteiger partial charge is 0.339 e. The van der Waals surface area contributed by atoms with Crippen molar-refractivity contribution in [3.63, 3.8) is 0 Å². The molecule has 0 bridgehead atoms. The van der Waals surface area contributed by atoms with Crippen LogP contribution in [0.3, 0.4) is 0 Å². The molecule has 1 saturated heterocycles. The van der Waals surface area contributed by atoms with Gasteiger partial charge in [-0.25, -0.2) is 0 Å². The highest BCUT2D eigenvalue weighted by molar-refractivity contribution is 5.80. The van der Waals surface area contributed by atoms with Gasteiger partial charge in [-0.3, -0.25) is 9.59 Å². The van der Waals surface area contributed by atoms with Gasteiger partial charge in [-0.1, -0.05) is 38.1 Å². The molecule has 1 fully saturated rings. The lowest BCUT2D eigenvalue weighted by molar-refractivity contribution is -0.139. The first-order chi connectivity index (χ1) is 12.0. The zero-order valence-corrected chi connectivity index (χ0v) is 15.8. The minimum atomic E-state index is 0.157. The van der Waals surface area contributed by atoms with Crippen molar-refractivity contribution >= 4 is 11.8 Å². The molecular formula is C20H31N3O2. The fourth-order valence-electron chi connectivity index (χ4n) is 3.24. The van der Waals surface area contributed by atoms with Gasteiger partial charge < -0.3 is 14.7 Å². The molecule has 1 aromatic carbocycles. The van der Waals surface area contributed by atoms with E-state index in [1.165, 1.54) is 0 Å². The summed E-state index contributed by atoms with van der Waals surface area (Å²) in [6.07, 6.45) is 1.02. The summed E-state index contributed by atoms with van der Waals surface area (Å²) >= 11 is 0. The summed E-state index contributed by atoms with van der Waals surface area (Å²) in [4.78, 5) is 30.9. The molecule has 1 aromatic rings. The number of amides is 2. The van der Waals surface area contributed by atoms with Crippen LogP contribution in [-0.2, 0) is 16.0 Å². The van der Waals surface area contributed by atoms with Crippen LogP contribution in [0.15, 0.2) is 24.3 Å². The Balaban J connectivity index is 1.78. The van der Waals surface area contributed by atoms with Crippen LogP contribution in [0.5, 0.6) is 0 Å². The second-order valence-electron chi connectivity index (χ2n) is 6.64. The van der Waals surface area contributed by atoms with Gasteiger partial charge >= 0.3 is 0 Å². The van der Waals surface area contributed by atoms with E-state index in [9.17, 15) is 9.59 Å². The number of hydrogen-bond donors (Lipinski definition) is 0. The second-order valence-corrected chi connectivity index (χ2v) is 6.64. The maximum atomic E-state index is 12.5. The maximum absolute atomic E-state index is 12.5. The summed E-state index contributed by atoms with van der Waals surface area (Å²) in [6.45, 7) is 11.6. The molecule has 5 heteroatoms. The van der Waals surface area contributed by atoms with Crippen molar-refractivity contribution in [2.24, 2.45) is 0 Å². The van der Waals surface area contributed by atoms with Crippen LogP contribution in [0.2, 0.25) is 0 Å². The third-order valence-electron chi connectivity index (χ3n) is 5.12. The monoisotopic (exact) mass is 345 g/mol. The average molecular weight is 345 g/mol. The Hall–Kier alpha value is -1.88. The number of rotatable bonds is 7. The third-order valence-corrected chi connectivity index (χ3v) is 5.12. The number of hydrogen-bond acceptors (Lipinski definition) is 3. The quantitative estimate of drug-likeness (QED) is 0.759. The van der Waals surface area contributed by atoms with Gasteiger partial charge in [0.25, 0.3) is 0 Å². The van der Waals surface area contributed by atoms with Gasteiger partial charge in [0.1, 0.15) is 0 Å². The Morgan fingerprint density at radius 3 is 2.08 bits per heavy atom. The Bertz CT molecular complexity index is 576. The Morgan fingerprint density at radius 2 is 1.52 bits per heavy atom. The summed E-state index contributed by atoms with van der Waals surface area (Å²) in [5.74, 6) is 0.363. The summed E-state index contributed by atoms with van der Waals surface area (Å²) in [6, 6.07) is 8.02. The number of carbonyl (C=O) groups is 2. The van der Waals surface area contributed by atoms with Gasteiger partial charge in [-0.05, 0) is 31.1 Å². The van der Waals surface area contributed by atoms with E-state index in [0.717, 1.165) is 30.8 Å². The lowest BCUT2D eigenvalue weighted by Gasteiger charge is -2.35. The molecule has 1 aliphatic rings. The number of aryl methyl sites for hydroxylation is 1. The number of benzene rings is 1. The Kier molecular flexibility index (Phi) is 7.44. The molecule has 25 heavy (non-hydrogen) atoms. The van der Waals surface area contributed by atoms with Crippen molar-refractivity contribution in [2.75, 3.05) is 45.8 Å². The van der Waals surface area contributed by atoms with E-state index in [1.807, 2.05) is 41.0 Å². The first-order valence-corrected chi connectivity index (χ1v) is 9.37. The molecule has 138 valence electrons. The third kappa shape index (κ3) is 5.56.